The summed E-state index contributed by atoms with van der Waals surface area (Å²) in [5.41, 5.74) is 6.19. The van der Waals surface area contributed by atoms with E-state index in [0.29, 0.717) is 12.1 Å². The van der Waals surface area contributed by atoms with Crippen molar-refractivity contribution in [2.24, 2.45) is 0 Å². The molecule has 0 spiro atoms. The van der Waals surface area contributed by atoms with Gasteiger partial charge in [0.1, 0.15) is 0 Å². The van der Waals surface area contributed by atoms with Crippen LogP contribution >= 0.6 is 6.72 Å². The number of aromatic nitrogens is 4. The zero-order valence-corrected chi connectivity index (χ0v) is 17.8. The van der Waals surface area contributed by atoms with Crippen LogP contribution in [0.4, 0.5) is 10.3 Å². The summed E-state index contributed by atoms with van der Waals surface area (Å²) in [6.45, 7) is 2.03. The number of ether oxygens (including phenoxy) is 2. The molecule has 3 atom stereocenters. The maximum atomic E-state index is 14.9. The predicted molar refractivity (Wildman–Crippen MR) is 105 cm³/mol. The highest BCUT2D eigenvalue weighted by Crippen LogP contribution is 2.45. The summed E-state index contributed by atoms with van der Waals surface area (Å²) in [6.07, 6.45) is -1.36. The third-order valence-electron chi connectivity index (χ3n) is 3.55. The van der Waals surface area contributed by atoms with E-state index in [1.807, 2.05) is 0 Å². The molecule has 2 aromatic heterocycles. The number of methoxy groups -OCH3 is 1. The Morgan fingerprint density at radius 2 is 2.11 bits per heavy atom. The van der Waals surface area contributed by atoms with Gasteiger partial charge >= 0.3 is 6.72 Å². The number of anilines is 1. The Balaban J connectivity index is 2.12. The average Bonchev–Trinajstić information content (AvgIpc) is 3.01. The van der Waals surface area contributed by atoms with E-state index < -0.39 is 19.1 Å². The number of nitrogen functional groups attached to an aromatic ring is 1. The molecular weight excluding hydrogens is 412 g/mol. The van der Waals surface area contributed by atoms with Crippen molar-refractivity contribution < 1.29 is 27.8 Å². The molecule has 28 heavy (non-hydrogen) atoms. The van der Waals surface area contributed by atoms with Gasteiger partial charge in [0.2, 0.25) is 11.8 Å². The van der Waals surface area contributed by atoms with Crippen LogP contribution in [0.1, 0.15) is 33.5 Å². The lowest BCUT2D eigenvalue weighted by atomic mass is 10.2. The molecule has 13 heteroatoms. The average molecular weight is 437 g/mol. The zero-order valence-electron chi connectivity index (χ0n) is 16.1. The van der Waals surface area contributed by atoms with Crippen LogP contribution in [0.25, 0.3) is 11.2 Å². The molecule has 0 aliphatic rings. The first kappa shape index (κ1) is 22.9. The summed E-state index contributed by atoms with van der Waals surface area (Å²) in [7, 11) is 1.41. The van der Waals surface area contributed by atoms with Gasteiger partial charge in [-0.1, -0.05) is 0 Å². The molecule has 0 aromatic carbocycles. The van der Waals surface area contributed by atoms with Gasteiger partial charge in [-0.3, -0.25) is 4.57 Å². The van der Waals surface area contributed by atoms with Crippen LogP contribution in [0.15, 0.2) is 6.33 Å². The fraction of sp³-hybridized carbons (Fsp3) is 0.667. The van der Waals surface area contributed by atoms with E-state index in [1.54, 1.807) is 20.8 Å². The van der Waals surface area contributed by atoms with Gasteiger partial charge in [0.05, 0.1) is 31.7 Å². The Bertz CT molecular complexity index is 838. The van der Waals surface area contributed by atoms with Gasteiger partial charge in [-0.25, -0.2) is 9.37 Å². The number of rotatable bonds is 11. The Kier molecular flexibility index (Phi) is 8.05. The largest absolute Gasteiger partial charge is 0.476 e. The first-order valence-electron chi connectivity index (χ1n) is 8.62. The second-order valence-corrected chi connectivity index (χ2v) is 8.88. The van der Waals surface area contributed by atoms with Crippen LogP contribution in [-0.2, 0) is 25.6 Å². The summed E-state index contributed by atoms with van der Waals surface area (Å²) < 4.78 is 37.2. The molecule has 10 nitrogen and oxygen atoms in total. The fourth-order valence-corrected chi connectivity index (χ4v) is 4.03. The van der Waals surface area contributed by atoms with Crippen LogP contribution < -0.4 is 10.5 Å². The summed E-state index contributed by atoms with van der Waals surface area (Å²) in [6, 6.07) is 0. The maximum Gasteiger partial charge on any atom is 0.324 e. The summed E-state index contributed by atoms with van der Waals surface area (Å²) in [5, 5.41) is 0. The Morgan fingerprint density at radius 1 is 1.39 bits per heavy atom. The monoisotopic (exact) mass is 437 g/mol. The van der Waals surface area contributed by atoms with Crippen molar-refractivity contribution in [1.29, 1.82) is 0 Å². The number of imidazole rings is 1. The van der Waals surface area contributed by atoms with E-state index >= 15 is 0 Å². The molecule has 0 radical (unpaired) electrons. The molecule has 3 N–H and O–H groups in total. The summed E-state index contributed by atoms with van der Waals surface area (Å²) in [4.78, 5) is 22.1. The van der Waals surface area contributed by atoms with Crippen molar-refractivity contribution >= 4 is 35.6 Å². The maximum absolute atomic E-state index is 14.9. The quantitative estimate of drug-likeness (QED) is 0.506. The lowest BCUT2D eigenvalue weighted by Gasteiger charge is -2.23. The predicted octanol–water partition coefficient (Wildman–Crippen LogP) is 2.34. The lowest BCUT2D eigenvalue weighted by molar-refractivity contribution is 0.0148. The van der Waals surface area contributed by atoms with Crippen molar-refractivity contribution in [3.8, 4) is 5.88 Å². The van der Waals surface area contributed by atoms with Crippen LogP contribution in [0.3, 0.4) is 0 Å². The van der Waals surface area contributed by atoms with E-state index in [4.69, 9.17) is 36.1 Å². The third-order valence-corrected chi connectivity index (χ3v) is 5.29. The second kappa shape index (κ2) is 9.86. The molecule has 0 aliphatic heterocycles. The Hall–Kier alpha value is -1.43. The lowest BCUT2D eigenvalue weighted by Crippen LogP contribution is -2.22. The van der Waals surface area contributed by atoms with Gasteiger partial charge in [-0.05, 0) is 32.6 Å². The number of alkyl halides is 1. The highest BCUT2D eigenvalue weighted by atomic mass is 32.5. The van der Waals surface area contributed by atoms with Gasteiger partial charge in [0.15, 0.2) is 17.5 Å². The van der Waals surface area contributed by atoms with Crippen LogP contribution in [-0.4, -0.2) is 56.9 Å². The van der Waals surface area contributed by atoms with Gasteiger partial charge in [0, 0.05) is 13.5 Å². The third kappa shape index (κ3) is 6.03. The van der Waals surface area contributed by atoms with Gasteiger partial charge in [-0.2, -0.15) is 9.97 Å². The summed E-state index contributed by atoms with van der Waals surface area (Å²) in [5.74, 6) is 0.137. The van der Waals surface area contributed by atoms with E-state index in [-0.39, 0.29) is 36.6 Å². The molecule has 0 aliphatic carbocycles. The van der Waals surface area contributed by atoms with Crippen LogP contribution in [0, 0.1) is 0 Å². The molecule has 0 saturated carbocycles. The van der Waals surface area contributed by atoms with Crippen molar-refractivity contribution in [1.82, 2.24) is 19.5 Å². The van der Waals surface area contributed by atoms with Crippen molar-refractivity contribution in [3.05, 3.63) is 6.33 Å². The standard InChI is InChI=1S/C15H25FN5O5PS/c1-5-24-14-12-13(19-15(17)20-14)21(8-18-12)11(16)6-10(23-4)7-25-27(22,28)26-9(2)3/h8-11H,5-7H2,1-4H3,(H,22,28)(H2,17,19,20). The molecule has 0 saturated heterocycles. The zero-order chi connectivity index (χ0) is 20.9. The van der Waals surface area contributed by atoms with Gasteiger partial charge < -0.3 is 29.1 Å². The molecule has 0 fully saturated rings. The number of nitrogens with two attached hydrogens (primary N) is 1. The van der Waals surface area contributed by atoms with E-state index in [9.17, 15) is 9.28 Å². The Labute approximate surface area is 167 Å². The molecule has 0 amide bonds. The van der Waals surface area contributed by atoms with Crippen LogP contribution in [0.2, 0.25) is 0 Å². The Morgan fingerprint density at radius 3 is 2.71 bits per heavy atom. The first-order valence-corrected chi connectivity index (χ1v) is 11.2. The van der Waals surface area contributed by atoms with E-state index in [1.165, 1.54) is 18.0 Å². The minimum absolute atomic E-state index is 0.0525. The topological polar surface area (TPSA) is 127 Å². The first-order chi connectivity index (χ1) is 13.2. The fourth-order valence-electron chi connectivity index (χ4n) is 2.39. The van der Waals surface area contributed by atoms with E-state index in [0.717, 1.165) is 0 Å². The molecule has 3 unspecified atom stereocenters. The number of hydrogen-bond donors (Lipinski definition) is 2. The molecular formula is C15H25FN5O5PS. The number of nitrogens with zero attached hydrogens (tertiary/aromatic N) is 4. The summed E-state index contributed by atoms with van der Waals surface area (Å²) >= 11 is 4.91. The van der Waals surface area contributed by atoms with E-state index in [2.05, 4.69) is 15.0 Å². The van der Waals surface area contributed by atoms with Crippen molar-refractivity contribution in [2.45, 2.75) is 45.7 Å². The normalized spacial score (nSPS) is 16.2. The van der Waals surface area contributed by atoms with Gasteiger partial charge in [0.25, 0.3) is 0 Å². The SMILES string of the molecule is CCOc1nc(N)nc2c1ncn2C(F)CC(COP(O)(=S)OC(C)C)OC. The smallest absolute Gasteiger partial charge is 0.324 e. The van der Waals surface area contributed by atoms with Crippen molar-refractivity contribution in [2.75, 3.05) is 26.1 Å². The second-order valence-electron chi connectivity index (χ2n) is 6.09. The highest BCUT2D eigenvalue weighted by Gasteiger charge is 2.25. The molecule has 0 bridgehead atoms. The van der Waals surface area contributed by atoms with Crippen LogP contribution in [0.5, 0.6) is 5.88 Å². The van der Waals surface area contributed by atoms with Gasteiger partial charge in [-0.15, -0.1) is 0 Å². The highest BCUT2D eigenvalue weighted by molar-refractivity contribution is 8.07. The molecule has 2 heterocycles. The molecule has 2 aromatic rings. The number of fused-ring (bicyclic) bond motifs is 1. The minimum Gasteiger partial charge on any atom is -0.476 e. The number of halogens is 1. The van der Waals surface area contributed by atoms with Crippen molar-refractivity contribution in [3.63, 3.8) is 0 Å². The molecule has 158 valence electrons. The number of hydrogen-bond acceptors (Lipinski definition) is 9. The molecule has 2 rings (SSSR count). The minimum atomic E-state index is -3.42.